The summed E-state index contributed by atoms with van der Waals surface area (Å²) in [5.41, 5.74) is 1.45. The van der Waals surface area contributed by atoms with Crippen molar-refractivity contribution in [3.8, 4) is 0 Å². The van der Waals surface area contributed by atoms with Crippen molar-refractivity contribution in [3.05, 3.63) is 54.2 Å². The third-order valence-corrected chi connectivity index (χ3v) is 5.10. The molecule has 1 fully saturated rings. The number of pyridine rings is 1. The minimum Gasteiger partial charge on any atom is -0.339 e. The molecule has 0 spiro atoms. The highest BCUT2D eigenvalue weighted by Crippen LogP contribution is 2.23. The van der Waals surface area contributed by atoms with Gasteiger partial charge in [0.15, 0.2) is 0 Å². The zero-order valence-electron chi connectivity index (χ0n) is 14.1. The van der Waals surface area contributed by atoms with Gasteiger partial charge in [-0.25, -0.2) is 4.98 Å². The fourth-order valence-electron chi connectivity index (χ4n) is 3.00. The number of amides is 2. The van der Waals surface area contributed by atoms with Gasteiger partial charge in [-0.2, -0.15) is 0 Å². The Morgan fingerprint density at radius 3 is 2.52 bits per heavy atom. The average Bonchev–Trinajstić information content (AvgIpc) is 2.68. The van der Waals surface area contributed by atoms with Crippen molar-refractivity contribution >= 4 is 29.3 Å². The lowest BCUT2D eigenvalue weighted by atomic mass is 9.95. The summed E-state index contributed by atoms with van der Waals surface area (Å²) in [6.45, 7) is 1.18. The Bertz CT molecular complexity index is 743. The summed E-state index contributed by atoms with van der Waals surface area (Å²) in [6, 6.07) is 13.1. The summed E-state index contributed by atoms with van der Waals surface area (Å²) in [6.07, 6.45) is 4.97. The number of thioether (sulfide) groups is 1. The van der Waals surface area contributed by atoms with Crippen molar-refractivity contribution < 1.29 is 9.59 Å². The third kappa shape index (κ3) is 4.20. The predicted molar refractivity (Wildman–Crippen MR) is 99.7 cm³/mol. The second kappa shape index (κ2) is 8.16. The van der Waals surface area contributed by atoms with E-state index in [0.717, 1.165) is 10.7 Å². The molecule has 2 amide bonds. The quantitative estimate of drug-likeness (QED) is 0.855. The smallest absolute Gasteiger partial charge is 0.256 e. The number of aromatic nitrogens is 1. The molecule has 0 bridgehead atoms. The highest BCUT2D eigenvalue weighted by Gasteiger charge is 2.28. The first-order valence-electron chi connectivity index (χ1n) is 8.33. The summed E-state index contributed by atoms with van der Waals surface area (Å²) in [5.74, 6) is -0.0259. The Balaban J connectivity index is 1.58. The van der Waals surface area contributed by atoms with Gasteiger partial charge in [-0.1, -0.05) is 18.2 Å². The van der Waals surface area contributed by atoms with E-state index in [1.165, 1.54) is 11.8 Å². The number of para-hydroxylation sites is 1. The first kappa shape index (κ1) is 17.5. The summed E-state index contributed by atoms with van der Waals surface area (Å²) >= 11 is 1.47. The van der Waals surface area contributed by atoms with Crippen LogP contribution in [0.2, 0.25) is 0 Å². The van der Waals surface area contributed by atoms with E-state index in [-0.39, 0.29) is 17.7 Å². The predicted octanol–water partition coefficient (Wildman–Crippen LogP) is 3.29. The summed E-state index contributed by atoms with van der Waals surface area (Å²) < 4.78 is 0. The number of anilines is 1. The fraction of sp³-hybridized carbons (Fsp3) is 0.316. The number of carbonyl (C=O) groups excluding carboxylic acids is 2. The van der Waals surface area contributed by atoms with Gasteiger partial charge in [-0.15, -0.1) is 11.8 Å². The highest BCUT2D eigenvalue weighted by atomic mass is 32.2. The normalized spacial score (nSPS) is 15.0. The molecule has 1 saturated heterocycles. The lowest BCUT2D eigenvalue weighted by molar-refractivity contribution is -0.121. The maximum atomic E-state index is 12.7. The Labute approximate surface area is 151 Å². The molecule has 0 saturated carbocycles. The van der Waals surface area contributed by atoms with E-state index < -0.39 is 0 Å². The molecule has 0 unspecified atom stereocenters. The second-order valence-electron chi connectivity index (χ2n) is 5.98. The maximum Gasteiger partial charge on any atom is 0.256 e. The van der Waals surface area contributed by atoms with Crippen LogP contribution >= 0.6 is 11.8 Å². The van der Waals surface area contributed by atoms with Crippen molar-refractivity contribution in [2.24, 2.45) is 5.92 Å². The molecule has 5 nitrogen and oxygen atoms in total. The van der Waals surface area contributed by atoms with Crippen molar-refractivity contribution in [1.29, 1.82) is 0 Å². The Hall–Kier alpha value is -2.34. The van der Waals surface area contributed by atoms with Crippen molar-refractivity contribution in [2.75, 3.05) is 24.7 Å². The zero-order chi connectivity index (χ0) is 17.6. The topological polar surface area (TPSA) is 62.3 Å². The molecule has 2 aromatic rings. The van der Waals surface area contributed by atoms with E-state index in [1.807, 2.05) is 47.6 Å². The molecule has 1 aliphatic heterocycles. The second-order valence-corrected chi connectivity index (χ2v) is 6.78. The number of nitrogens with zero attached hydrogens (tertiary/aromatic N) is 2. The highest BCUT2D eigenvalue weighted by molar-refractivity contribution is 7.98. The minimum atomic E-state index is -0.0572. The van der Waals surface area contributed by atoms with E-state index in [2.05, 4.69) is 10.3 Å². The molecular weight excluding hydrogens is 334 g/mol. The Morgan fingerprint density at radius 1 is 1.12 bits per heavy atom. The van der Waals surface area contributed by atoms with Crippen LogP contribution in [0, 0.1) is 5.92 Å². The first-order chi connectivity index (χ1) is 12.2. The molecule has 6 heteroatoms. The number of nitrogens with one attached hydrogen (secondary N) is 1. The standard InChI is InChI=1S/C19H21N3O2S/c1-25-18-16(8-5-11-20-18)19(24)22-12-9-14(10-13-22)17(23)21-15-6-3-2-4-7-15/h2-8,11,14H,9-10,12-13H2,1H3,(H,21,23). The molecule has 0 aliphatic carbocycles. The van der Waals surface area contributed by atoms with E-state index in [1.54, 1.807) is 12.3 Å². The SMILES string of the molecule is CSc1ncccc1C(=O)N1CCC(C(=O)Nc2ccccc2)CC1. The summed E-state index contributed by atoms with van der Waals surface area (Å²) in [5, 5.41) is 3.70. The van der Waals surface area contributed by atoms with Crippen molar-refractivity contribution in [1.82, 2.24) is 9.88 Å². The van der Waals surface area contributed by atoms with Gasteiger partial charge in [0, 0.05) is 30.9 Å². The number of piperidine rings is 1. The van der Waals surface area contributed by atoms with Gasteiger partial charge in [-0.05, 0) is 43.4 Å². The molecule has 1 aliphatic rings. The van der Waals surface area contributed by atoms with Gasteiger partial charge in [0.1, 0.15) is 5.03 Å². The largest absolute Gasteiger partial charge is 0.339 e. The van der Waals surface area contributed by atoms with Crippen LogP contribution in [0.25, 0.3) is 0 Å². The molecule has 2 heterocycles. The first-order valence-corrected chi connectivity index (χ1v) is 9.55. The van der Waals surface area contributed by atoms with E-state index >= 15 is 0 Å². The number of benzene rings is 1. The number of rotatable bonds is 4. The number of hydrogen-bond acceptors (Lipinski definition) is 4. The van der Waals surface area contributed by atoms with Crippen LogP contribution < -0.4 is 5.32 Å². The van der Waals surface area contributed by atoms with Crippen LogP contribution in [-0.4, -0.2) is 41.0 Å². The monoisotopic (exact) mass is 355 g/mol. The van der Waals surface area contributed by atoms with Crippen LogP contribution in [0.1, 0.15) is 23.2 Å². The van der Waals surface area contributed by atoms with Gasteiger partial charge in [0.2, 0.25) is 5.91 Å². The van der Waals surface area contributed by atoms with Gasteiger partial charge in [0.05, 0.1) is 5.56 Å². The number of hydrogen-bond donors (Lipinski definition) is 1. The molecule has 3 rings (SSSR count). The molecule has 0 atom stereocenters. The molecule has 130 valence electrons. The maximum absolute atomic E-state index is 12.7. The van der Waals surface area contributed by atoms with Crippen LogP contribution in [0.5, 0.6) is 0 Å². The Morgan fingerprint density at radius 2 is 1.84 bits per heavy atom. The van der Waals surface area contributed by atoms with Gasteiger partial charge in [0.25, 0.3) is 5.91 Å². The minimum absolute atomic E-state index is 0.000586. The van der Waals surface area contributed by atoms with E-state index in [9.17, 15) is 9.59 Å². The lowest BCUT2D eigenvalue weighted by Crippen LogP contribution is -2.41. The van der Waals surface area contributed by atoms with Crippen molar-refractivity contribution in [2.45, 2.75) is 17.9 Å². The van der Waals surface area contributed by atoms with Crippen LogP contribution in [0.15, 0.2) is 53.7 Å². The number of likely N-dealkylation sites (tertiary alicyclic amines) is 1. The summed E-state index contributed by atoms with van der Waals surface area (Å²) in [4.78, 5) is 31.2. The molecular formula is C19H21N3O2S. The van der Waals surface area contributed by atoms with Gasteiger partial charge in [-0.3, -0.25) is 9.59 Å². The van der Waals surface area contributed by atoms with Crippen LogP contribution in [0.4, 0.5) is 5.69 Å². The van der Waals surface area contributed by atoms with Crippen molar-refractivity contribution in [3.63, 3.8) is 0 Å². The Kier molecular flexibility index (Phi) is 5.71. The molecule has 1 aromatic heterocycles. The van der Waals surface area contributed by atoms with Gasteiger partial charge >= 0.3 is 0 Å². The van der Waals surface area contributed by atoms with E-state index in [0.29, 0.717) is 31.5 Å². The number of carbonyl (C=O) groups is 2. The summed E-state index contributed by atoms with van der Waals surface area (Å²) in [7, 11) is 0. The molecule has 25 heavy (non-hydrogen) atoms. The molecule has 0 radical (unpaired) electrons. The zero-order valence-corrected chi connectivity index (χ0v) is 15.0. The van der Waals surface area contributed by atoms with E-state index in [4.69, 9.17) is 0 Å². The average molecular weight is 355 g/mol. The third-order valence-electron chi connectivity index (χ3n) is 4.39. The molecule has 1 N–H and O–H groups in total. The molecule has 1 aromatic carbocycles. The van der Waals surface area contributed by atoms with Crippen LogP contribution in [0.3, 0.4) is 0 Å². The van der Waals surface area contributed by atoms with Gasteiger partial charge < -0.3 is 10.2 Å². The fourth-order valence-corrected chi connectivity index (χ4v) is 3.54. The lowest BCUT2D eigenvalue weighted by Gasteiger charge is -2.31. The van der Waals surface area contributed by atoms with Crippen LogP contribution in [-0.2, 0) is 4.79 Å².